The molecular weight excluding hydrogens is 735 g/mol. The maximum Gasteiger partial charge on any atom is 0.210 e. The number of rotatable bonds is 33. The summed E-state index contributed by atoms with van der Waals surface area (Å²) in [5, 5.41) is 0. The van der Waals surface area contributed by atoms with Gasteiger partial charge in [0.05, 0.1) is 0 Å². The second kappa shape index (κ2) is 31.0. The van der Waals surface area contributed by atoms with Gasteiger partial charge >= 0.3 is 0 Å². The summed E-state index contributed by atoms with van der Waals surface area (Å²) in [6.07, 6.45) is 40.9. The van der Waals surface area contributed by atoms with Gasteiger partial charge in [0.25, 0.3) is 0 Å². The van der Waals surface area contributed by atoms with Crippen LogP contribution in [0.5, 0.6) is 0 Å². The van der Waals surface area contributed by atoms with Gasteiger partial charge in [-0.1, -0.05) is 158 Å². The Hall–Kier alpha value is -1.99. The molecule has 0 aromatic heterocycles. The molecule has 0 spiro atoms. The fraction of sp³-hybridized carbons (Fsp3) is 0.704. The van der Waals surface area contributed by atoms with Gasteiger partial charge in [0.1, 0.15) is 0 Å². The van der Waals surface area contributed by atoms with E-state index in [0.717, 1.165) is 43.5 Å². The predicted molar refractivity (Wildman–Crippen MR) is 249 cm³/mol. The van der Waals surface area contributed by atoms with Crippen molar-refractivity contribution in [2.75, 3.05) is 0 Å². The van der Waals surface area contributed by atoms with Crippen LogP contribution in [-0.2, 0) is 55.0 Å². The summed E-state index contributed by atoms with van der Waals surface area (Å²) >= 11 is 0. The molecule has 2 aromatic rings. The molecule has 0 bridgehead atoms. The van der Waals surface area contributed by atoms with Gasteiger partial charge in [0.15, 0.2) is 0 Å². The van der Waals surface area contributed by atoms with Crippen molar-refractivity contribution < 1.29 is 21.2 Å². The van der Waals surface area contributed by atoms with E-state index in [1.807, 2.05) is 0 Å². The van der Waals surface area contributed by atoms with Crippen molar-refractivity contribution >= 4 is 11.4 Å². The van der Waals surface area contributed by atoms with Crippen molar-refractivity contribution in [3.63, 3.8) is 0 Å². The fourth-order valence-corrected chi connectivity index (χ4v) is 9.09. The second-order valence-corrected chi connectivity index (χ2v) is 17.5. The summed E-state index contributed by atoms with van der Waals surface area (Å²) in [5.74, 6) is 0. The van der Waals surface area contributed by atoms with Crippen LogP contribution in [-0.4, -0.2) is 4.70 Å². The van der Waals surface area contributed by atoms with Crippen LogP contribution in [0.1, 0.15) is 253 Å². The minimum absolute atomic E-state index is 0. The van der Waals surface area contributed by atoms with E-state index in [4.69, 9.17) is 0 Å². The number of hydrogen-bond acceptors (Lipinski definition) is 0. The molecule has 2 nitrogen and oxygen atoms in total. The average molecular weight is 824 g/mol. The number of allylic oxidation sites excluding steroid dienone is 2. The molecule has 0 amide bonds. The number of aryl methyl sites for hydroxylation is 4. The third-order valence-corrected chi connectivity index (χ3v) is 12.6. The van der Waals surface area contributed by atoms with E-state index in [1.54, 1.807) is 38.1 Å². The van der Waals surface area contributed by atoms with Crippen LogP contribution in [0.3, 0.4) is 0 Å². The molecule has 57 heavy (non-hydrogen) atoms. The Morgan fingerprint density at radius 1 is 0.368 bits per heavy atom. The van der Waals surface area contributed by atoms with Crippen LogP contribution >= 0.6 is 0 Å². The van der Waals surface area contributed by atoms with Crippen molar-refractivity contribution in [1.29, 1.82) is 0 Å². The van der Waals surface area contributed by atoms with Gasteiger partial charge in [-0.25, -0.2) is 4.70 Å². The molecule has 0 fully saturated rings. The van der Waals surface area contributed by atoms with Gasteiger partial charge < -0.3 is 5.53 Å². The molecule has 0 saturated carbocycles. The standard InChI is InChI=1S/C54H88N2.Ni/c1-8-15-22-27-32-44-39-49(40-45(33-28-23-16-9-2)51(44)37-20-13-6)53-43-48(36-31-26-19-12-5)54(56(53)55)50-41-46(34-29-24-17-10-3)52(38-21-14-7)47(42-50)35-30-25-18-11-4;/h39-43H,8-38H2,1-7H3;. The van der Waals surface area contributed by atoms with Crippen molar-refractivity contribution in [1.82, 2.24) is 0 Å². The quantitative estimate of drug-likeness (QED) is 0.0389. The Bertz CT molecular complexity index is 1410. The summed E-state index contributed by atoms with van der Waals surface area (Å²) in [6, 6.07) is 10.1. The van der Waals surface area contributed by atoms with E-state index in [0.29, 0.717) is 0 Å². The van der Waals surface area contributed by atoms with Crippen LogP contribution in [0.4, 0.5) is 0 Å². The maximum atomic E-state index is 12.6. The van der Waals surface area contributed by atoms with Gasteiger partial charge in [-0.15, -0.1) is 0 Å². The minimum atomic E-state index is 0. The Labute approximate surface area is 364 Å². The SMILES string of the molecule is CCCCCCC1=C(c2cc(CCCCCC)c(CCCC)c(CCCCCC)c2)[N+](=[N-])C(c2cc(CCCCCC)c(CCCC)c(CCCCCC)c2)=C1.[Ni]. The summed E-state index contributed by atoms with van der Waals surface area (Å²) in [5.41, 5.74) is 27.9. The molecule has 0 radical (unpaired) electrons. The summed E-state index contributed by atoms with van der Waals surface area (Å²) in [7, 11) is 0. The molecule has 0 aliphatic carbocycles. The number of hydrogen-bond donors (Lipinski definition) is 0. The van der Waals surface area contributed by atoms with Gasteiger partial charge in [0.2, 0.25) is 11.4 Å². The van der Waals surface area contributed by atoms with E-state index in [1.165, 1.54) is 184 Å². The van der Waals surface area contributed by atoms with Gasteiger partial charge in [-0.3, -0.25) is 0 Å². The summed E-state index contributed by atoms with van der Waals surface area (Å²) in [4.78, 5) is 0. The van der Waals surface area contributed by atoms with Crippen molar-refractivity contribution in [3.05, 3.63) is 86.0 Å². The van der Waals surface area contributed by atoms with Crippen molar-refractivity contribution in [2.24, 2.45) is 0 Å². The van der Waals surface area contributed by atoms with Gasteiger partial charge in [-0.05, 0) is 148 Å². The molecule has 0 N–H and O–H groups in total. The van der Waals surface area contributed by atoms with E-state index in [9.17, 15) is 5.53 Å². The van der Waals surface area contributed by atoms with Crippen LogP contribution in [0.2, 0.25) is 0 Å². The first-order valence-corrected chi connectivity index (χ1v) is 24.7. The van der Waals surface area contributed by atoms with Crippen LogP contribution < -0.4 is 0 Å². The fourth-order valence-electron chi connectivity index (χ4n) is 9.09. The third-order valence-electron chi connectivity index (χ3n) is 12.6. The molecule has 0 atom stereocenters. The molecule has 1 heterocycles. The summed E-state index contributed by atoms with van der Waals surface area (Å²) < 4.78 is 1.65. The first-order chi connectivity index (χ1) is 27.5. The van der Waals surface area contributed by atoms with Crippen LogP contribution in [0, 0.1) is 0 Å². The van der Waals surface area contributed by atoms with Gasteiger partial charge in [-0.2, -0.15) is 0 Å². The molecule has 1 aliphatic heterocycles. The second-order valence-electron chi connectivity index (χ2n) is 17.5. The molecule has 3 heteroatoms. The largest absolute Gasteiger partial charge is 0.493 e. The molecule has 2 aromatic carbocycles. The van der Waals surface area contributed by atoms with Crippen molar-refractivity contribution in [3.8, 4) is 0 Å². The number of nitrogens with zero attached hydrogens (tertiary/aromatic N) is 2. The Morgan fingerprint density at radius 2 is 0.684 bits per heavy atom. The minimum Gasteiger partial charge on any atom is -0.493 e. The van der Waals surface area contributed by atoms with Crippen LogP contribution in [0.15, 0.2) is 35.9 Å². The first kappa shape index (κ1) is 51.2. The Balaban J connectivity index is 0.0000112. The molecule has 0 saturated heterocycles. The van der Waals surface area contributed by atoms with E-state index in [2.05, 4.69) is 78.8 Å². The van der Waals surface area contributed by atoms with E-state index in [-0.39, 0.29) is 16.5 Å². The molecule has 1 aliphatic rings. The molecule has 324 valence electrons. The number of unbranched alkanes of at least 4 members (excludes halogenated alkanes) is 17. The molecule has 3 rings (SSSR count). The number of benzene rings is 2. The first-order valence-electron chi connectivity index (χ1n) is 24.7. The van der Waals surface area contributed by atoms with E-state index >= 15 is 0 Å². The molecular formula is C54H88N2Ni. The maximum absolute atomic E-state index is 12.6. The van der Waals surface area contributed by atoms with E-state index < -0.39 is 0 Å². The van der Waals surface area contributed by atoms with Crippen molar-refractivity contribution in [2.45, 2.75) is 248 Å². The zero-order chi connectivity index (χ0) is 40.4. The average Bonchev–Trinajstić information content (AvgIpc) is 3.54. The van der Waals surface area contributed by atoms with Gasteiger partial charge in [0, 0.05) is 39.3 Å². The monoisotopic (exact) mass is 823 g/mol. The zero-order valence-electron chi connectivity index (χ0n) is 38.5. The molecule has 0 unspecified atom stereocenters. The normalized spacial score (nSPS) is 12.8. The topological polar surface area (TPSA) is 25.3 Å². The smallest absolute Gasteiger partial charge is 0.210 e. The Kier molecular flexibility index (Phi) is 27.8. The predicted octanol–water partition coefficient (Wildman–Crippen LogP) is 17.6. The van der Waals surface area contributed by atoms with Crippen LogP contribution in [0.25, 0.3) is 16.9 Å². The zero-order valence-corrected chi connectivity index (χ0v) is 39.5. The third kappa shape index (κ3) is 17.3. The Morgan fingerprint density at radius 3 is 1.02 bits per heavy atom. The summed E-state index contributed by atoms with van der Waals surface area (Å²) in [6.45, 7) is 16.3.